The molecular weight excluding hydrogens is 447 g/mol. The summed E-state index contributed by atoms with van der Waals surface area (Å²) in [7, 11) is -0.956. The van der Waals surface area contributed by atoms with Crippen molar-refractivity contribution >= 4 is 27.3 Å². The first-order valence-corrected chi connectivity index (χ1v) is 11.7. The summed E-state index contributed by atoms with van der Waals surface area (Å²) in [6.07, 6.45) is 1.36. The van der Waals surface area contributed by atoms with Gasteiger partial charge in [-0.15, -0.1) is 0 Å². The molecule has 3 aromatic rings. The van der Waals surface area contributed by atoms with Crippen molar-refractivity contribution in [1.82, 2.24) is 0 Å². The van der Waals surface area contributed by atoms with Crippen LogP contribution in [0.1, 0.15) is 22.3 Å². The third-order valence-corrected chi connectivity index (χ3v) is 7.30. The number of halogens is 1. The van der Waals surface area contributed by atoms with Gasteiger partial charge in [-0.2, -0.15) is 0 Å². The van der Waals surface area contributed by atoms with Crippen molar-refractivity contribution in [3.63, 3.8) is 0 Å². The number of nitrogens with one attached hydrogen (secondary N) is 1. The lowest BCUT2D eigenvalue weighted by Crippen LogP contribution is -2.35. The zero-order valence-corrected chi connectivity index (χ0v) is 19.0. The highest BCUT2D eigenvalue weighted by Gasteiger charge is 2.29. The predicted octanol–water partition coefficient (Wildman–Crippen LogP) is 4.24. The van der Waals surface area contributed by atoms with Crippen LogP contribution >= 0.6 is 0 Å². The van der Waals surface area contributed by atoms with E-state index in [2.05, 4.69) is 5.32 Å². The summed E-state index contributed by atoms with van der Waals surface area (Å²) in [6.45, 7) is 0.286. The fraction of sp³-hybridized carbons (Fsp3) is 0.208. The van der Waals surface area contributed by atoms with Crippen LogP contribution in [-0.4, -0.2) is 35.1 Å². The normalized spacial score (nSPS) is 13.2. The second-order valence-electron chi connectivity index (χ2n) is 7.47. The molecule has 4 rings (SSSR count). The van der Waals surface area contributed by atoms with E-state index in [9.17, 15) is 17.6 Å². The molecule has 0 atom stereocenters. The topological polar surface area (TPSA) is 84.9 Å². The molecule has 0 bridgehead atoms. The molecule has 7 nitrogen and oxygen atoms in total. The van der Waals surface area contributed by atoms with E-state index in [1.54, 1.807) is 36.4 Å². The van der Waals surface area contributed by atoms with Crippen LogP contribution in [0.15, 0.2) is 65.6 Å². The first-order chi connectivity index (χ1) is 15.8. The van der Waals surface area contributed by atoms with E-state index in [0.717, 1.165) is 17.7 Å². The second-order valence-corrected chi connectivity index (χ2v) is 9.34. The number of fused-ring (bicyclic) bond motifs is 1. The minimum atomic E-state index is -3.89. The number of para-hydroxylation sites is 1. The number of methoxy groups -OCH3 is 2. The van der Waals surface area contributed by atoms with Gasteiger partial charge in [0.2, 0.25) is 0 Å². The minimum Gasteiger partial charge on any atom is -0.493 e. The lowest BCUT2D eigenvalue weighted by molar-refractivity contribution is 0.102. The molecule has 0 saturated heterocycles. The Morgan fingerprint density at radius 2 is 1.79 bits per heavy atom. The maximum absolute atomic E-state index is 13.3. The summed E-state index contributed by atoms with van der Waals surface area (Å²) in [4.78, 5) is 13.0. The van der Waals surface area contributed by atoms with Gasteiger partial charge in [-0.05, 0) is 66.9 Å². The van der Waals surface area contributed by atoms with E-state index in [4.69, 9.17) is 9.47 Å². The van der Waals surface area contributed by atoms with Crippen LogP contribution in [0.4, 0.5) is 15.8 Å². The molecule has 33 heavy (non-hydrogen) atoms. The first-order valence-electron chi connectivity index (χ1n) is 10.3. The summed E-state index contributed by atoms with van der Waals surface area (Å²) in [5.74, 6) is -0.205. The monoisotopic (exact) mass is 470 g/mol. The Balaban J connectivity index is 1.67. The SMILES string of the molecule is COc1cccc(C(=O)Nc2ccc3c(c2)N(S(=O)(=O)c2ccc(F)cc2)CCC3)c1OC. The Morgan fingerprint density at radius 1 is 1.03 bits per heavy atom. The van der Waals surface area contributed by atoms with Crippen molar-refractivity contribution in [3.05, 3.63) is 77.6 Å². The summed E-state index contributed by atoms with van der Waals surface area (Å²) in [5, 5.41) is 2.81. The molecule has 0 aromatic heterocycles. The number of ether oxygens (including phenoxy) is 2. The lowest BCUT2D eigenvalue weighted by atomic mass is 10.0. The predicted molar refractivity (Wildman–Crippen MR) is 123 cm³/mol. The number of aryl methyl sites for hydroxylation is 1. The standard InChI is InChI=1S/C24H23FN2O5S/c1-31-22-7-3-6-20(23(22)32-2)24(28)26-18-11-8-16-5-4-14-27(21(16)15-18)33(29,30)19-12-9-17(25)10-13-19/h3,6-13,15H,4-5,14H2,1-2H3,(H,26,28). The van der Waals surface area contributed by atoms with Crippen molar-refractivity contribution < 1.29 is 27.1 Å². The van der Waals surface area contributed by atoms with E-state index in [-0.39, 0.29) is 17.0 Å². The van der Waals surface area contributed by atoms with Crippen LogP contribution in [0.5, 0.6) is 11.5 Å². The van der Waals surface area contributed by atoms with E-state index >= 15 is 0 Å². The Bertz CT molecular complexity index is 1290. The number of rotatable bonds is 6. The number of benzene rings is 3. The van der Waals surface area contributed by atoms with Crippen molar-refractivity contribution in [2.24, 2.45) is 0 Å². The third kappa shape index (κ3) is 4.36. The van der Waals surface area contributed by atoms with Gasteiger partial charge in [0.1, 0.15) is 5.82 Å². The molecule has 0 saturated carbocycles. The van der Waals surface area contributed by atoms with Gasteiger partial charge in [0, 0.05) is 12.2 Å². The van der Waals surface area contributed by atoms with Crippen LogP contribution in [0.3, 0.4) is 0 Å². The van der Waals surface area contributed by atoms with Crippen molar-refractivity contribution in [3.8, 4) is 11.5 Å². The molecule has 0 unspecified atom stereocenters. The number of amides is 1. The molecule has 1 aliphatic rings. The zero-order chi connectivity index (χ0) is 23.6. The maximum atomic E-state index is 13.3. The van der Waals surface area contributed by atoms with Gasteiger partial charge in [0.15, 0.2) is 11.5 Å². The largest absolute Gasteiger partial charge is 0.493 e. The molecule has 9 heteroatoms. The Kier molecular flexibility index (Phi) is 6.24. The molecule has 0 aliphatic carbocycles. The average Bonchev–Trinajstić information content (AvgIpc) is 2.83. The fourth-order valence-electron chi connectivity index (χ4n) is 3.87. The summed E-state index contributed by atoms with van der Waals surface area (Å²) in [5.41, 5.74) is 2.06. The number of hydrogen-bond acceptors (Lipinski definition) is 5. The molecular formula is C24H23FN2O5S. The van der Waals surface area contributed by atoms with E-state index < -0.39 is 21.7 Å². The smallest absolute Gasteiger partial charge is 0.264 e. The molecule has 172 valence electrons. The Morgan fingerprint density at radius 3 is 2.48 bits per heavy atom. The van der Waals surface area contributed by atoms with E-state index in [1.165, 1.54) is 30.7 Å². The number of carbonyl (C=O) groups is 1. The molecule has 1 heterocycles. The first kappa shape index (κ1) is 22.6. The van der Waals surface area contributed by atoms with Crippen molar-refractivity contribution in [1.29, 1.82) is 0 Å². The number of anilines is 2. The highest BCUT2D eigenvalue weighted by molar-refractivity contribution is 7.92. The van der Waals surface area contributed by atoms with Crippen LogP contribution in [-0.2, 0) is 16.4 Å². The zero-order valence-electron chi connectivity index (χ0n) is 18.2. The Labute approximate surface area is 191 Å². The quantitative estimate of drug-likeness (QED) is 0.583. The summed E-state index contributed by atoms with van der Waals surface area (Å²) >= 11 is 0. The fourth-order valence-corrected chi connectivity index (χ4v) is 5.40. The third-order valence-electron chi connectivity index (χ3n) is 5.47. The van der Waals surface area contributed by atoms with Gasteiger partial charge in [0.05, 0.1) is 30.4 Å². The lowest BCUT2D eigenvalue weighted by Gasteiger charge is -2.31. The molecule has 1 amide bonds. The van der Waals surface area contributed by atoms with Gasteiger partial charge >= 0.3 is 0 Å². The van der Waals surface area contributed by atoms with Crippen LogP contribution in [0.25, 0.3) is 0 Å². The van der Waals surface area contributed by atoms with Gasteiger partial charge in [-0.25, -0.2) is 12.8 Å². The van der Waals surface area contributed by atoms with Crippen molar-refractivity contribution in [2.75, 3.05) is 30.4 Å². The average molecular weight is 471 g/mol. The van der Waals surface area contributed by atoms with Crippen LogP contribution in [0, 0.1) is 5.82 Å². The molecule has 1 N–H and O–H groups in total. The number of carbonyl (C=O) groups excluding carboxylic acids is 1. The molecule has 0 radical (unpaired) electrons. The minimum absolute atomic E-state index is 0.00676. The van der Waals surface area contributed by atoms with Crippen molar-refractivity contribution in [2.45, 2.75) is 17.7 Å². The van der Waals surface area contributed by atoms with Gasteiger partial charge in [-0.1, -0.05) is 12.1 Å². The molecule has 0 fully saturated rings. The van der Waals surface area contributed by atoms with E-state index in [1.807, 2.05) is 0 Å². The summed E-state index contributed by atoms with van der Waals surface area (Å²) in [6, 6.07) is 14.9. The molecule has 1 aliphatic heterocycles. The number of nitrogens with zero attached hydrogens (tertiary/aromatic N) is 1. The highest BCUT2D eigenvalue weighted by atomic mass is 32.2. The van der Waals surface area contributed by atoms with Gasteiger partial charge in [-0.3, -0.25) is 9.10 Å². The Hall–Kier alpha value is -3.59. The maximum Gasteiger partial charge on any atom is 0.264 e. The second kappa shape index (κ2) is 9.11. The number of hydrogen-bond donors (Lipinski definition) is 1. The van der Waals surface area contributed by atoms with Gasteiger partial charge < -0.3 is 14.8 Å². The number of sulfonamides is 1. The molecule has 3 aromatic carbocycles. The van der Waals surface area contributed by atoms with Crippen LogP contribution in [0.2, 0.25) is 0 Å². The van der Waals surface area contributed by atoms with Crippen LogP contribution < -0.4 is 19.1 Å². The van der Waals surface area contributed by atoms with Gasteiger partial charge in [0.25, 0.3) is 15.9 Å². The summed E-state index contributed by atoms with van der Waals surface area (Å²) < 4.78 is 51.7. The van der Waals surface area contributed by atoms with E-state index in [0.29, 0.717) is 35.7 Å². The molecule has 0 spiro atoms. The highest BCUT2D eigenvalue weighted by Crippen LogP contribution is 2.35.